The summed E-state index contributed by atoms with van der Waals surface area (Å²) in [5.74, 6) is -50.9. The molecule has 0 aliphatic carbocycles. The molecule has 0 bridgehead atoms. The third-order valence-electron chi connectivity index (χ3n) is 17.4. The largest absolute Gasteiger partial charge is 0.504 e. The van der Waals surface area contributed by atoms with Crippen LogP contribution in [0.1, 0.15) is 82.9 Å². The number of ether oxygens (including phenoxy) is 11. The predicted octanol–water partition coefficient (Wildman–Crippen LogP) is 1.77. The molecule has 0 radical (unpaired) electrons. The molecule has 4 aliphatic rings. The zero-order chi connectivity index (χ0) is 81.7. The van der Waals surface area contributed by atoms with E-state index >= 15 is 4.79 Å². The minimum Gasteiger partial charge on any atom is -0.504 e. The van der Waals surface area contributed by atoms with Gasteiger partial charge in [-0.2, -0.15) is 0 Å². The van der Waals surface area contributed by atoms with Gasteiger partial charge in [-0.25, -0.2) is 38.4 Å². The third kappa shape index (κ3) is 13.1. The number of aromatic hydroxyl groups is 23. The number of phenols is 23. The maximum absolute atomic E-state index is 15.1. The van der Waals surface area contributed by atoms with Gasteiger partial charge in [0.2, 0.25) is 65.0 Å². The molecule has 44 heteroatoms. The number of carbonyl (C=O) groups excluding carboxylic acids is 8. The Bertz CT molecular complexity index is 5350. The Balaban J connectivity index is 0.946. The normalized spacial score (nSPS) is 20.6. The second kappa shape index (κ2) is 28.4. The van der Waals surface area contributed by atoms with Crippen LogP contribution in [0.25, 0.3) is 22.3 Å². The molecule has 0 amide bonds. The minimum absolute atomic E-state index is 0.172. The number of aliphatic hydroxyl groups is 2. The van der Waals surface area contributed by atoms with Gasteiger partial charge in [-0.3, -0.25) is 0 Å². The summed E-state index contributed by atoms with van der Waals surface area (Å²) in [6.45, 7) is -2.81. The van der Waals surface area contributed by atoms with E-state index in [1.807, 2.05) is 0 Å². The Morgan fingerprint density at radius 3 is 1.13 bits per heavy atom. The highest BCUT2D eigenvalue weighted by molar-refractivity contribution is 6.10. The zero-order valence-corrected chi connectivity index (χ0v) is 55.0. The summed E-state index contributed by atoms with van der Waals surface area (Å²) in [7, 11) is 0. The summed E-state index contributed by atoms with van der Waals surface area (Å²) in [6, 6.07) is 4.16. The minimum atomic E-state index is -2.99. The van der Waals surface area contributed by atoms with Crippen LogP contribution in [-0.4, -0.2) is 250 Å². The van der Waals surface area contributed by atoms with E-state index in [1.165, 1.54) is 0 Å². The van der Waals surface area contributed by atoms with Crippen LogP contribution in [0.2, 0.25) is 0 Å². The summed E-state index contributed by atoms with van der Waals surface area (Å²) < 4.78 is 61.7. The first kappa shape index (κ1) is 76.2. The molecular weight excluding hydrogens is 1520 g/mol. The summed E-state index contributed by atoms with van der Waals surface area (Å²) in [4.78, 5) is 116. The topological polar surface area (TPSA) is 744 Å². The molecule has 2 saturated heterocycles. The van der Waals surface area contributed by atoms with Crippen molar-refractivity contribution in [3.63, 3.8) is 0 Å². The quantitative estimate of drug-likeness (QED) is 0.0498. The van der Waals surface area contributed by atoms with E-state index in [0.717, 1.165) is 0 Å². The molecule has 8 aromatic rings. The van der Waals surface area contributed by atoms with Crippen molar-refractivity contribution in [1.29, 1.82) is 0 Å². The highest BCUT2D eigenvalue weighted by Gasteiger charge is 2.57. The molecule has 8 aromatic carbocycles. The number of phenolic OH excluding ortho intramolecular Hbond substituents is 23. The average Bonchev–Trinajstić information content (AvgIpc) is 0.891. The van der Waals surface area contributed by atoms with Crippen molar-refractivity contribution >= 4 is 47.8 Å². The molecule has 0 aromatic heterocycles. The summed E-state index contributed by atoms with van der Waals surface area (Å²) >= 11 is 0. The fraction of sp³-hybridized carbons (Fsp3) is 0.176. The van der Waals surface area contributed by atoms with Crippen LogP contribution >= 0.6 is 0 Å². The van der Waals surface area contributed by atoms with E-state index in [9.17, 15) is 161 Å². The number of aliphatic hydroxyl groups excluding tert-OH is 2. The highest BCUT2D eigenvalue weighted by atomic mass is 16.8. The molecule has 4 aliphatic heterocycles. The van der Waals surface area contributed by atoms with Gasteiger partial charge < -0.3 is 180 Å². The van der Waals surface area contributed by atoms with Gasteiger partial charge in [0.25, 0.3) is 0 Å². The number of benzene rings is 8. The number of cyclic esters (lactones) is 1. The van der Waals surface area contributed by atoms with Crippen molar-refractivity contribution < 1.29 is 218 Å². The van der Waals surface area contributed by atoms with Crippen molar-refractivity contribution in [3.05, 3.63) is 111 Å². The molecular formula is C68H50O44. The van der Waals surface area contributed by atoms with E-state index in [1.54, 1.807) is 0 Å². The van der Waals surface area contributed by atoms with Crippen molar-refractivity contribution in [2.75, 3.05) is 13.2 Å². The van der Waals surface area contributed by atoms with Gasteiger partial charge >= 0.3 is 47.8 Å². The average molecular weight is 1570 g/mol. The van der Waals surface area contributed by atoms with Crippen molar-refractivity contribution in [2.24, 2.45) is 0 Å². The zero-order valence-electron chi connectivity index (χ0n) is 55.0. The van der Waals surface area contributed by atoms with Gasteiger partial charge in [-0.15, -0.1) is 0 Å². The summed E-state index contributed by atoms with van der Waals surface area (Å²) in [5.41, 5.74) is -14.1. The highest BCUT2D eigenvalue weighted by Crippen LogP contribution is 2.57. The second-order valence-electron chi connectivity index (χ2n) is 24.2. The van der Waals surface area contributed by atoms with E-state index in [4.69, 9.17) is 52.1 Å². The van der Waals surface area contributed by atoms with Gasteiger partial charge in [0.05, 0.1) is 45.6 Å². The van der Waals surface area contributed by atoms with E-state index in [-0.39, 0.29) is 18.2 Å². The standard InChI is InChI=1S/C68H50O44/c69-12-33-47(88)55(107-59(94)14-1-22(70)39(80)23(71)2-14)57(109-60(95)15-3-24(72)40(81)25(73)4-15)67(104-33)111-61(96)16-5-26(74)41(82)32(6-16)103-53-21(11-31(79)46(87)52(53)93)66(101)112-68-58-56(108-64(99)19-9-29(77)44(85)50(91)37(19)38-20(65(100)110-58)10-30(78)45(86)51(38)92)54-34(105-68)13-102-62(97)17-7-27(75)42(83)48(89)35(17)36-18(63(98)106-54)8-28(76)43(84)49(36)90/h1-11,33-34,47,54-58,67-93H,12-13H2/t33-,34-,47-,54-,55+,56+,57-,58-,67-,68-/m1/s1. The lowest BCUT2D eigenvalue weighted by atomic mass is 9.91. The second-order valence-corrected chi connectivity index (χ2v) is 24.2. The van der Waals surface area contributed by atoms with Gasteiger partial charge in [0.1, 0.15) is 30.5 Å². The first-order valence-corrected chi connectivity index (χ1v) is 31.1. The SMILES string of the molecule is O=C(O[C@H]1O[C@H](CO)[C@@H](O)[C@H](OC(=O)c2cc(O)c(O)c(O)c2)[C@H]1OC(=O)c1cc(O)c(O)c(O)c1)c1cc(O)c(O)c(Oc2c(C(=O)O[C@H]3O[C@@H]4COC(=O)c5cc(O)c(O)c(O)c5-c5c(cc(O)c(O)c5O)C(=O)O[C@H]4[C@@H]4OC(=O)c5cc(O)c(O)c(O)c5-c5c(cc(O)c(O)c5O)C(=O)O[C@@H]34)cc(O)c(O)c2O)c1. The van der Waals surface area contributed by atoms with Crippen molar-refractivity contribution in [3.8, 4) is 166 Å². The van der Waals surface area contributed by atoms with E-state index in [0.29, 0.717) is 48.5 Å². The first-order valence-electron chi connectivity index (χ1n) is 31.1. The molecule has 12 rings (SSSR count). The van der Waals surface area contributed by atoms with Crippen LogP contribution in [0.4, 0.5) is 0 Å². The Hall–Kier alpha value is -15.4. The van der Waals surface area contributed by atoms with Crippen LogP contribution in [0, 0.1) is 0 Å². The predicted molar refractivity (Wildman–Crippen MR) is 345 cm³/mol. The monoisotopic (exact) mass is 1570 g/mol. The summed E-state index contributed by atoms with van der Waals surface area (Å²) in [5, 5.41) is 270. The number of carbonyl (C=O) groups is 8. The lowest BCUT2D eigenvalue weighted by molar-refractivity contribution is -0.283. The number of fused-ring (bicyclic) bond motifs is 9. The number of rotatable bonds is 11. The van der Waals surface area contributed by atoms with Crippen molar-refractivity contribution in [1.82, 2.24) is 0 Å². The number of hydrogen-bond donors (Lipinski definition) is 25. The van der Waals surface area contributed by atoms with Gasteiger partial charge in [-0.1, -0.05) is 0 Å². The van der Waals surface area contributed by atoms with Crippen LogP contribution in [0.15, 0.2) is 66.7 Å². The maximum atomic E-state index is 15.1. The molecule has 0 spiro atoms. The Morgan fingerprint density at radius 1 is 0.348 bits per heavy atom. The third-order valence-corrected chi connectivity index (χ3v) is 17.4. The molecule has 25 N–H and O–H groups in total. The molecule has 0 unspecified atom stereocenters. The molecule has 112 heavy (non-hydrogen) atoms. The van der Waals surface area contributed by atoms with E-state index in [2.05, 4.69) is 0 Å². The van der Waals surface area contributed by atoms with Crippen LogP contribution in [0.5, 0.6) is 144 Å². The molecule has 0 saturated carbocycles. The Morgan fingerprint density at radius 2 is 0.696 bits per heavy atom. The molecule has 44 nitrogen and oxygen atoms in total. The smallest absolute Gasteiger partial charge is 0.344 e. The van der Waals surface area contributed by atoms with Crippen molar-refractivity contribution in [2.45, 2.75) is 61.4 Å². The molecule has 4 heterocycles. The molecule has 10 atom stereocenters. The van der Waals surface area contributed by atoms with Gasteiger partial charge in [-0.05, 0) is 60.7 Å². The fourth-order valence-corrected chi connectivity index (χ4v) is 11.9. The number of esters is 8. The van der Waals surface area contributed by atoms with Crippen LogP contribution < -0.4 is 4.74 Å². The molecule has 2 fully saturated rings. The van der Waals surface area contributed by atoms with Crippen LogP contribution in [-0.2, 0) is 47.4 Å². The number of hydrogen-bond acceptors (Lipinski definition) is 44. The van der Waals surface area contributed by atoms with Crippen LogP contribution in [0.3, 0.4) is 0 Å². The van der Waals surface area contributed by atoms with Gasteiger partial charge in [0.15, 0.2) is 122 Å². The lowest BCUT2D eigenvalue weighted by Crippen LogP contribution is -2.63. The Kier molecular flexibility index (Phi) is 19.3. The van der Waals surface area contributed by atoms with Gasteiger partial charge in [0, 0.05) is 28.3 Å². The maximum Gasteiger partial charge on any atom is 0.344 e. The Labute approximate surface area is 616 Å². The first-order chi connectivity index (χ1) is 52.7. The molecule has 586 valence electrons. The summed E-state index contributed by atoms with van der Waals surface area (Å²) in [6.07, 6.45) is -26.0. The fourth-order valence-electron chi connectivity index (χ4n) is 11.9. The lowest BCUT2D eigenvalue weighted by Gasteiger charge is -2.44. The van der Waals surface area contributed by atoms with E-state index < -0.39 is 333 Å².